The molecule has 0 aliphatic carbocycles. The highest BCUT2D eigenvalue weighted by atomic mass is 79.9. The zero-order valence-electron chi connectivity index (χ0n) is 16.0. The number of carbonyl (C=O) groups is 2. The summed E-state index contributed by atoms with van der Waals surface area (Å²) >= 11 is 3.25. The van der Waals surface area contributed by atoms with Crippen LogP contribution in [0, 0.1) is 0 Å². The number of rotatable bonds is 7. The number of ether oxygens (including phenoxy) is 1. The molecule has 3 rings (SSSR count). The average molecular weight is 462 g/mol. The zero-order chi connectivity index (χ0) is 20.6. The van der Waals surface area contributed by atoms with E-state index in [0.29, 0.717) is 36.3 Å². The van der Waals surface area contributed by atoms with Crippen LogP contribution in [-0.4, -0.2) is 54.7 Å². The number of morpholine rings is 1. The van der Waals surface area contributed by atoms with Gasteiger partial charge in [-0.25, -0.2) is 0 Å². The molecule has 1 aliphatic rings. The Morgan fingerprint density at radius 2 is 1.93 bits per heavy atom. The third kappa shape index (κ3) is 6.56. The van der Waals surface area contributed by atoms with Gasteiger partial charge >= 0.3 is 0 Å². The van der Waals surface area contributed by atoms with Crippen LogP contribution in [0.2, 0.25) is 0 Å². The maximum atomic E-state index is 12.3. The van der Waals surface area contributed by atoms with Crippen molar-refractivity contribution in [3.63, 3.8) is 0 Å². The lowest BCUT2D eigenvalue weighted by Gasteiger charge is -2.26. The predicted molar refractivity (Wildman–Crippen MR) is 114 cm³/mol. The normalized spacial score (nSPS) is 14.4. The molecular weight excluding hydrogens is 438 g/mol. The van der Waals surface area contributed by atoms with Crippen molar-refractivity contribution in [2.45, 2.75) is 13.0 Å². The fourth-order valence-corrected chi connectivity index (χ4v) is 3.39. The fraction of sp³-hybridized carbons (Fsp3) is 0.333. The fourth-order valence-electron chi connectivity index (χ4n) is 3.04. The third-order valence-corrected chi connectivity index (χ3v) is 5.12. The molecule has 1 aliphatic heterocycles. The van der Waals surface area contributed by atoms with E-state index in [1.54, 1.807) is 12.1 Å². The first-order valence-electron chi connectivity index (χ1n) is 9.47. The van der Waals surface area contributed by atoms with Crippen molar-refractivity contribution in [3.05, 3.63) is 58.1 Å². The molecule has 1 heterocycles. The van der Waals surface area contributed by atoms with E-state index < -0.39 is 0 Å². The summed E-state index contributed by atoms with van der Waals surface area (Å²) in [7, 11) is 0. The van der Waals surface area contributed by atoms with Crippen molar-refractivity contribution < 1.29 is 19.4 Å². The molecule has 2 aromatic rings. The van der Waals surface area contributed by atoms with Crippen molar-refractivity contribution in [1.82, 2.24) is 10.2 Å². The maximum Gasteiger partial charge on any atom is 0.255 e. The number of carbonyl (C=O) groups excluding carboxylic acids is 2. The Labute approximate surface area is 178 Å². The van der Waals surface area contributed by atoms with E-state index in [-0.39, 0.29) is 29.7 Å². The van der Waals surface area contributed by atoms with E-state index >= 15 is 0 Å². The van der Waals surface area contributed by atoms with Crippen LogP contribution in [0.25, 0.3) is 0 Å². The van der Waals surface area contributed by atoms with Crippen LogP contribution < -0.4 is 10.6 Å². The van der Waals surface area contributed by atoms with Crippen LogP contribution >= 0.6 is 15.9 Å². The topological polar surface area (TPSA) is 90.9 Å². The average Bonchev–Trinajstić information content (AvgIpc) is 2.71. The van der Waals surface area contributed by atoms with Gasteiger partial charge in [-0.05, 0) is 35.9 Å². The predicted octanol–water partition coefficient (Wildman–Crippen LogP) is 2.75. The largest absolute Gasteiger partial charge is 0.507 e. The Hall–Kier alpha value is -2.42. The molecule has 0 bridgehead atoms. The van der Waals surface area contributed by atoms with E-state index in [2.05, 4.69) is 31.5 Å². The second-order valence-electron chi connectivity index (χ2n) is 6.80. The van der Waals surface area contributed by atoms with Crippen molar-refractivity contribution in [1.29, 1.82) is 0 Å². The van der Waals surface area contributed by atoms with Gasteiger partial charge < -0.3 is 20.5 Å². The highest BCUT2D eigenvalue weighted by Crippen LogP contribution is 2.22. The lowest BCUT2D eigenvalue weighted by molar-refractivity contribution is -0.116. The number of benzene rings is 2. The van der Waals surface area contributed by atoms with E-state index in [4.69, 9.17) is 4.74 Å². The summed E-state index contributed by atoms with van der Waals surface area (Å²) in [4.78, 5) is 26.7. The molecule has 8 heteroatoms. The number of amides is 2. The molecule has 1 fully saturated rings. The zero-order valence-corrected chi connectivity index (χ0v) is 17.6. The summed E-state index contributed by atoms with van der Waals surface area (Å²) in [6, 6.07) is 12.1. The lowest BCUT2D eigenvalue weighted by Crippen LogP contribution is -2.38. The standard InChI is InChI=1S/C21H24BrN3O4/c22-16-4-5-18(19(26)13-16)21(28)23-14-15-2-1-3-17(12-15)24-20(27)6-7-25-8-10-29-11-9-25/h1-5,12-13,26H,6-11,14H2,(H,23,28)(H,24,27). The number of nitrogens with zero attached hydrogens (tertiary/aromatic N) is 1. The molecule has 29 heavy (non-hydrogen) atoms. The molecule has 0 saturated carbocycles. The number of halogens is 1. The summed E-state index contributed by atoms with van der Waals surface area (Å²) in [6.45, 7) is 4.14. The number of anilines is 1. The van der Waals surface area contributed by atoms with Gasteiger partial charge in [-0.3, -0.25) is 14.5 Å². The van der Waals surface area contributed by atoms with Gasteiger partial charge in [-0.2, -0.15) is 0 Å². The maximum absolute atomic E-state index is 12.3. The van der Waals surface area contributed by atoms with Crippen LogP contribution in [0.5, 0.6) is 5.75 Å². The van der Waals surface area contributed by atoms with E-state index in [1.807, 2.05) is 24.3 Å². The molecule has 0 spiro atoms. The molecule has 7 nitrogen and oxygen atoms in total. The number of hydrogen-bond acceptors (Lipinski definition) is 5. The number of phenolic OH excluding ortho intramolecular Hbond substituents is 1. The summed E-state index contributed by atoms with van der Waals surface area (Å²) < 4.78 is 6.00. The van der Waals surface area contributed by atoms with Crippen molar-refractivity contribution in [2.24, 2.45) is 0 Å². The van der Waals surface area contributed by atoms with Gasteiger partial charge in [0.25, 0.3) is 5.91 Å². The molecule has 2 aromatic carbocycles. The first kappa shape index (κ1) is 21.3. The van der Waals surface area contributed by atoms with Crippen LogP contribution in [0.3, 0.4) is 0 Å². The minimum Gasteiger partial charge on any atom is -0.507 e. The van der Waals surface area contributed by atoms with E-state index in [0.717, 1.165) is 18.7 Å². The number of nitrogens with one attached hydrogen (secondary N) is 2. The van der Waals surface area contributed by atoms with Crippen LogP contribution in [-0.2, 0) is 16.1 Å². The highest BCUT2D eigenvalue weighted by molar-refractivity contribution is 9.10. The van der Waals surface area contributed by atoms with Gasteiger partial charge in [-0.1, -0.05) is 28.1 Å². The van der Waals surface area contributed by atoms with Crippen molar-refractivity contribution >= 4 is 33.4 Å². The second kappa shape index (κ2) is 10.4. The first-order valence-corrected chi connectivity index (χ1v) is 10.3. The summed E-state index contributed by atoms with van der Waals surface area (Å²) in [5, 5.41) is 15.6. The van der Waals surface area contributed by atoms with E-state index in [9.17, 15) is 14.7 Å². The third-order valence-electron chi connectivity index (χ3n) is 4.63. The second-order valence-corrected chi connectivity index (χ2v) is 7.71. The molecule has 1 saturated heterocycles. The molecular formula is C21H24BrN3O4. The Bertz CT molecular complexity index is 869. The van der Waals surface area contributed by atoms with Gasteiger partial charge in [0.2, 0.25) is 5.91 Å². The van der Waals surface area contributed by atoms with Gasteiger partial charge in [0.15, 0.2) is 0 Å². The summed E-state index contributed by atoms with van der Waals surface area (Å²) in [6.07, 6.45) is 0.420. The number of hydrogen-bond donors (Lipinski definition) is 3. The van der Waals surface area contributed by atoms with Gasteiger partial charge in [0.05, 0.1) is 18.8 Å². The van der Waals surface area contributed by atoms with Gasteiger partial charge in [-0.15, -0.1) is 0 Å². The highest BCUT2D eigenvalue weighted by Gasteiger charge is 2.13. The van der Waals surface area contributed by atoms with Crippen LogP contribution in [0.4, 0.5) is 5.69 Å². The first-order chi connectivity index (χ1) is 14.0. The van der Waals surface area contributed by atoms with Crippen LogP contribution in [0.15, 0.2) is 46.9 Å². The Morgan fingerprint density at radius 3 is 2.69 bits per heavy atom. The molecule has 0 aromatic heterocycles. The SMILES string of the molecule is O=C(CCN1CCOCC1)Nc1cccc(CNC(=O)c2ccc(Br)cc2O)c1. The van der Waals surface area contributed by atoms with Crippen molar-refractivity contribution in [2.75, 3.05) is 38.2 Å². The quantitative estimate of drug-likeness (QED) is 0.589. The van der Waals surface area contributed by atoms with Gasteiger partial charge in [0.1, 0.15) is 5.75 Å². The molecule has 154 valence electrons. The van der Waals surface area contributed by atoms with E-state index in [1.165, 1.54) is 6.07 Å². The number of phenols is 1. The molecule has 2 amide bonds. The molecule has 0 atom stereocenters. The molecule has 0 unspecified atom stereocenters. The monoisotopic (exact) mass is 461 g/mol. The Balaban J connectivity index is 1.49. The van der Waals surface area contributed by atoms with Crippen molar-refractivity contribution in [3.8, 4) is 5.75 Å². The van der Waals surface area contributed by atoms with Crippen LogP contribution in [0.1, 0.15) is 22.3 Å². The smallest absolute Gasteiger partial charge is 0.255 e. The minimum atomic E-state index is -0.366. The lowest BCUT2D eigenvalue weighted by atomic mass is 10.1. The Morgan fingerprint density at radius 1 is 1.14 bits per heavy atom. The molecule has 0 radical (unpaired) electrons. The minimum absolute atomic E-state index is 0.0440. The Kier molecular flexibility index (Phi) is 7.62. The van der Waals surface area contributed by atoms with Gasteiger partial charge in [0, 0.05) is 42.8 Å². The summed E-state index contributed by atoms with van der Waals surface area (Å²) in [5.74, 6) is -0.495. The number of aromatic hydroxyl groups is 1. The summed E-state index contributed by atoms with van der Waals surface area (Å²) in [5.41, 5.74) is 1.75. The molecule has 3 N–H and O–H groups in total.